The van der Waals surface area contributed by atoms with Crippen molar-refractivity contribution in [2.24, 2.45) is 11.5 Å². The van der Waals surface area contributed by atoms with E-state index >= 15 is 0 Å². The lowest BCUT2D eigenvalue weighted by atomic mass is 10.00. The first-order valence-electron chi connectivity index (χ1n) is 7.71. The van der Waals surface area contributed by atoms with Gasteiger partial charge in [0.15, 0.2) is 5.69 Å². The highest BCUT2D eigenvalue weighted by Gasteiger charge is 2.16. The number of benzene rings is 2. The van der Waals surface area contributed by atoms with Gasteiger partial charge in [-0.25, -0.2) is 9.48 Å². The molecule has 0 saturated heterocycles. The normalized spacial score (nSPS) is 10.5. The lowest BCUT2D eigenvalue weighted by Crippen LogP contribution is -2.22. The second-order valence-electron chi connectivity index (χ2n) is 5.74. The molecule has 3 aromatic rings. The molecule has 6 N–H and O–H groups in total. The van der Waals surface area contributed by atoms with Gasteiger partial charge in [-0.3, -0.25) is 4.79 Å². The highest BCUT2D eigenvalue weighted by molar-refractivity contribution is 6.00. The van der Waals surface area contributed by atoms with E-state index in [4.69, 9.17) is 11.5 Å². The Hall–Kier alpha value is -3.81. The molecule has 0 saturated carbocycles. The van der Waals surface area contributed by atoms with Crippen molar-refractivity contribution < 1.29 is 14.7 Å². The Morgan fingerprint density at radius 3 is 2.58 bits per heavy atom. The molecule has 0 aliphatic heterocycles. The molecule has 132 valence electrons. The zero-order chi connectivity index (χ0) is 18.8. The maximum Gasteiger partial charge on any atom is 0.316 e. The molecule has 3 rings (SSSR count). The minimum absolute atomic E-state index is 0.0879. The Balaban J connectivity index is 2.05. The molecule has 0 bridgehead atoms. The molecule has 0 radical (unpaired) electrons. The van der Waals surface area contributed by atoms with E-state index in [2.05, 4.69) is 10.4 Å². The summed E-state index contributed by atoms with van der Waals surface area (Å²) in [4.78, 5) is 22.6. The average Bonchev–Trinajstić information content (AvgIpc) is 2.98. The number of carbonyl (C=O) groups excluding carboxylic acids is 2. The van der Waals surface area contributed by atoms with E-state index in [-0.39, 0.29) is 17.1 Å². The first-order valence-corrected chi connectivity index (χ1v) is 7.71. The number of hydrogen-bond donors (Lipinski definition) is 4. The van der Waals surface area contributed by atoms with Crippen molar-refractivity contribution in [2.45, 2.75) is 6.92 Å². The van der Waals surface area contributed by atoms with Crippen LogP contribution in [0.2, 0.25) is 0 Å². The van der Waals surface area contributed by atoms with Crippen molar-refractivity contribution in [3.05, 3.63) is 59.9 Å². The van der Waals surface area contributed by atoms with Crippen LogP contribution in [0.3, 0.4) is 0 Å². The molecule has 1 heterocycles. The van der Waals surface area contributed by atoms with E-state index in [1.54, 1.807) is 18.2 Å². The summed E-state index contributed by atoms with van der Waals surface area (Å²) in [7, 11) is 0. The van der Waals surface area contributed by atoms with Crippen LogP contribution < -0.4 is 16.8 Å². The second-order valence-corrected chi connectivity index (χ2v) is 5.74. The molecular formula is C18H17N5O3. The number of aromatic nitrogens is 2. The van der Waals surface area contributed by atoms with Crippen molar-refractivity contribution in [3.63, 3.8) is 0 Å². The number of urea groups is 1. The molecule has 1 aromatic heterocycles. The number of aromatic hydroxyl groups is 1. The Morgan fingerprint density at radius 2 is 1.92 bits per heavy atom. The summed E-state index contributed by atoms with van der Waals surface area (Å²) >= 11 is 0. The minimum Gasteiger partial charge on any atom is -0.508 e. The van der Waals surface area contributed by atoms with Crippen LogP contribution in [0, 0.1) is 6.92 Å². The predicted molar refractivity (Wildman–Crippen MR) is 97.1 cm³/mol. The highest BCUT2D eigenvalue weighted by atomic mass is 16.3. The largest absolute Gasteiger partial charge is 0.508 e. The van der Waals surface area contributed by atoms with Gasteiger partial charge < -0.3 is 21.9 Å². The summed E-state index contributed by atoms with van der Waals surface area (Å²) in [6.07, 6.45) is 1.47. The topological polar surface area (TPSA) is 136 Å². The van der Waals surface area contributed by atoms with Gasteiger partial charge in [-0.2, -0.15) is 5.10 Å². The second kappa shape index (κ2) is 6.60. The van der Waals surface area contributed by atoms with Crippen molar-refractivity contribution >= 4 is 17.6 Å². The van der Waals surface area contributed by atoms with Gasteiger partial charge in [0.05, 0.1) is 17.6 Å². The summed E-state index contributed by atoms with van der Waals surface area (Å²) in [5.41, 5.74) is 13.9. The van der Waals surface area contributed by atoms with E-state index in [1.165, 1.54) is 10.9 Å². The summed E-state index contributed by atoms with van der Waals surface area (Å²) < 4.78 is 1.44. The standard InChI is InChI=1S/C18H17N5O3/c1-10-7-13(24)5-6-14(10)11-3-2-4-12(8-11)23-9-15(21-18(20)26)16(22-23)17(19)25/h2-9,24H,1H3,(H2,19,25)(H3,20,21,26). The fraction of sp³-hybridized carbons (Fsp3) is 0.0556. The minimum atomic E-state index is -0.819. The molecule has 26 heavy (non-hydrogen) atoms. The van der Waals surface area contributed by atoms with Crippen molar-refractivity contribution in [3.8, 4) is 22.6 Å². The number of phenols is 1. The smallest absolute Gasteiger partial charge is 0.316 e. The maximum absolute atomic E-state index is 11.5. The molecule has 0 aliphatic rings. The molecule has 8 heteroatoms. The number of carbonyl (C=O) groups is 2. The van der Waals surface area contributed by atoms with Gasteiger partial charge in [0.25, 0.3) is 5.91 Å². The third-order valence-corrected chi connectivity index (χ3v) is 3.84. The van der Waals surface area contributed by atoms with Crippen LogP contribution in [0.1, 0.15) is 16.1 Å². The fourth-order valence-corrected chi connectivity index (χ4v) is 2.70. The van der Waals surface area contributed by atoms with E-state index in [0.29, 0.717) is 5.69 Å². The van der Waals surface area contributed by atoms with Crippen molar-refractivity contribution in [2.75, 3.05) is 5.32 Å². The first kappa shape index (κ1) is 17.0. The van der Waals surface area contributed by atoms with Gasteiger partial charge in [0.2, 0.25) is 0 Å². The molecule has 0 spiro atoms. The number of primary amides is 2. The lowest BCUT2D eigenvalue weighted by molar-refractivity contribution is 0.0996. The van der Waals surface area contributed by atoms with Gasteiger partial charge in [-0.1, -0.05) is 18.2 Å². The maximum atomic E-state index is 11.5. The Labute approximate surface area is 149 Å². The zero-order valence-electron chi connectivity index (χ0n) is 13.9. The van der Waals surface area contributed by atoms with Crippen molar-refractivity contribution in [1.82, 2.24) is 9.78 Å². The van der Waals surface area contributed by atoms with Crippen LogP contribution in [0.5, 0.6) is 5.75 Å². The lowest BCUT2D eigenvalue weighted by Gasteiger charge is -2.09. The zero-order valence-corrected chi connectivity index (χ0v) is 13.9. The number of aryl methyl sites for hydroxylation is 1. The fourth-order valence-electron chi connectivity index (χ4n) is 2.70. The summed E-state index contributed by atoms with van der Waals surface area (Å²) in [5.74, 6) is -0.583. The third kappa shape index (κ3) is 3.34. The number of nitrogens with two attached hydrogens (primary N) is 2. The number of rotatable bonds is 4. The number of phenolic OH excluding ortho intramolecular Hbond substituents is 1. The number of anilines is 1. The quantitative estimate of drug-likeness (QED) is 0.572. The van der Waals surface area contributed by atoms with Gasteiger partial charge in [0, 0.05) is 0 Å². The molecule has 0 aliphatic carbocycles. The molecule has 0 fully saturated rings. The van der Waals surface area contributed by atoms with Gasteiger partial charge >= 0.3 is 6.03 Å². The molecule has 2 aromatic carbocycles. The molecular weight excluding hydrogens is 334 g/mol. The molecule has 3 amide bonds. The van der Waals surface area contributed by atoms with Gasteiger partial charge in [0.1, 0.15) is 5.75 Å². The summed E-state index contributed by atoms with van der Waals surface area (Å²) in [5, 5.41) is 16.0. The van der Waals surface area contributed by atoms with Crippen LogP contribution in [0.4, 0.5) is 10.5 Å². The predicted octanol–water partition coefficient (Wildman–Crippen LogP) is 2.14. The Bertz CT molecular complexity index is 1010. The van der Waals surface area contributed by atoms with E-state index in [9.17, 15) is 14.7 Å². The average molecular weight is 351 g/mol. The number of nitrogens with one attached hydrogen (secondary N) is 1. The monoisotopic (exact) mass is 351 g/mol. The SMILES string of the molecule is Cc1cc(O)ccc1-c1cccc(-n2cc(NC(N)=O)c(C(N)=O)n2)c1. The molecule has 0 atom stereocenters. The van der Waals surface area contributed by atoms with E-state index in [1.807, 2.05) is 31.2 Å². The summed E-state index contributed by atoms with van der Waals surface area (Å²) in [6, 6.07) is 11.7. The van der Waals surface area contributed by atoms with E-state index < -0.39 is 11.9 Å². The van der Waals surface area contributed by atoms with Gasteiger partial charge in [-0.15, -0.1) is 0 Å². The number of hydrogen-bond acceptors (Lipinski definition) is 4. The number of nitrogens with zero attached hydrogens (tertiary/aromatic N) is 2. The van der Waals surface area contributed by atoms with Crippen LogP contribution in [0.25, 0.3) is 16.8 Å². The Morgan fingerprint density at radius 1 is 1.15 bits per heavy atom. The van der Waals surface area contributed by atoms with Crippen LogP contribution in [0.15, 0.2) is 48.7 Å². The van der Waals surface area contributed by atoms with Crippen LogP contribution in [-0.2, 0) is 0 Å². The Kier molecular flexibility index (Phi) is 4.32. The summed E-state index contributed by atoms with van der Waals surface area (Å²) in [6.45, 7) is 1.90. The molecule has 0 unspecified atom stereocenters. The van der Waals surface area contributed by atoms with Crippen molar-refractivity contribution in [1.29, 1.82) is 0 Å². The molecule has 8 nitrogen and oxygen atoms in total. The van der Waals surface area contributed by atoms with Crippen LogP contribution in [-0.4, -0.2) is 26.8 Å². The van der Waals surface area contributed by atoms with Crippen LogP contribution >= 0.6 is 0 Å². The first-order chi connectivity index (χ1) is 12.3. The highest BCUT2D eigenvalue weighted by Crippen LogP contribution is 2.28. The van der Waals surface area contributed by atoms with E-state index in [0.717, 1.165) is 16.7 Å². The third-order valence-electron chi connectivity index (χ3n) is 3.84. The number of amides is 3. The van der Waals surface area contributed by atoms with Gasteiger partial charge in [-0.05, 0) is 47.9 Å².